The van der Waals surface area contributed by atoms with Gasteiger partial charge in [0.2, 0.25) is 16.7 Å². The Morgan fingerprint density at radius 3 is 2.56 bits per heavy atom. The monoisotopic (exact) mass is 367 g/mol. The molecule has 0 bridgehead atoms. The molecule has 11 heteroatoms. The van der Waals surface area contributed by atoms with Crippen molar-refractivity contribution in [2.75, 3.05) is 0 Å². The van der Waals surface area contributed by atoms with Gasteiger partial charge in [-0.3, -0.25) is 0 Å². The van der Waals surface area contributed by atoms with Crippen molar-refractivity contribution >= 4 is 16.0 Å². The number of esters is 1. The molecular weight excluding hydrogens is 357 g/mol. The lowest BCUT2D eigenvalue weighted by molar-refractivity contribution is 0.0417. The second-order valence-electron chi connectivity index (χ2n) is 4.76. The molecule has 9 nitrogen and oxygen atoms in total. The molecule has 2 N–H and O–H groups in total. The molecule has 0 aliphatic heterocycles. The van der Waals surface area contributed by atoms with Crippen molar-refractivity contribution in [3.63, 3.8) is 0 Å². The number of primary sulfonamides is 1. The van der Waals surface area contributed by atoms with Crippen LogP contribution in [-0.2, 0) is 21.4 Å². The first-order valence-corrected chi connectivity index (χ1v) is 8.26. The second-order valence-corrected chi connectivity index (χ2v) is 6.25. The fraction of sp³-hybridized carbons (Fsp3) is 0.0714. The molecule has 0 fully saturated rings. The number of ether oxygens (including phenoxy) is 1. The van der Waals surface area contributed by atoms with Gasteiger partial charge >= 0.3 is 5.97 Å². The summed E-state index contributed by atoms with van der Waals surface area (Å²) in [4.78, 5) is 15.8. The number of halogens is 1. The van der Waals surface area contributed by atoms with Gasteiger partial charge in [-0.25, -0.2) is 22.7 Å². The number of nitrogens with zero attached hydrogens (tertiary/aromatic N) is 2. The third-order valence-corrected chi connectivity index (χ3v) is 3.73. The van der Waals surface area contributed by atoms with Crippen LogP contribution in [0.3, 0.4) is 0 Å². The summed E-state index contributed by atoms with van der Waals surface area (Å²) in [5.74, 6) is -1.49. The minimum Gasteiger partial charge on any atom is -0.451 e. The van der Waals surface area contributed by atoms with E-state index >= 15 is 0 Å². The number of benzene rings is 1. The van der Waals surface area contributed by atoms with Crippen molar-refractivity contribution in [3.05, 3.63) is 53.8 Å². The van der Waals surface area contributed by atoms with E-state index in [0.717, 1.165) is 12.1 Å². The Morgan fingerprint density at radius 1 is 1.20 bits per heavy atom. The molecular formula is C14H10FN3O6S. The highest BCUT2D eigenvalue weighted by Gasteiger charge is 2.19. The SMILES string of the molecule is NS(=O)(=O)c1ccc(C(=O)OCc2noc(-c3ccc(F)cc3)n2)o1. The van der Waals surface area contributed by atoms with Crippen molar-refractivity contribution in [2.45, 2.75) is 11.7 Å². The Morgan fingerprint density at radius 2 is 1.92 bits per heavy atom. The van der Waals surface area contributed by atoms with Gasteiger partial charge in [-0.05, 0) is 36.4 Å². The minimum absolute atomic E-state index is 0.0610. The van der Waals surface area contributed by atoms with E-state index in [0.29, 0.717) is 5.56 Å². The molecule has 0 saturated carbocycles. The summed E-state index contributed by atoms with van der Waals surface area (Å²) in [6.45, 7) is -0.338. The van der Waals surface area contributed by atoms with E-state index in [1.54, 1.807) is 0 Å². The standard InChI is InChI=1S/C14H10FN3O6S/c15-9-3-1-8(2-4-9)13-17-11(18-24-13)7-22-14(19)10-5-6-12(23-10)25(16,20)21/h1-6H,7H2,(H2,16,20,21). The van der Waals surface area contributed by atoms with E-state index in [-0.39, 0.29) is 24.1 Å². The molecule has 25 heavy (non-hydrogen) atoms. The van der Waals surface area contributed by atoms with Gasteiger partial charge in [-0.15, -0.1) is 0 Å². The summed E-state index contributed by atoms with van der Waals surface area (Å²) in [6.07, 6.45) is 0. The Balaban J connectivity index is 1.65. The van der Waals surface area contributed by atoms with Crippen LogP contribution in [0.25, 0.3) is 11.5 Å². The topological polar surface area (TPSA) is 139 Å². The summed E-state index contributed by atoms with van der Waals surface area (Å²) in [5.41, 5.74) is 0.496. The lowest BCUT2D eigenvalue weighted by Gasteiger charge is -1.98. The average Bonchev–Trinajstić information content (AvgIpc) is 3.22. The van der Waals surface area contributed by atoms with E-state index in [4.69, 9.17) is 18.8 Å². The number of hydrogen-bond acceptors (Lipinski definition) is 8. The number of furan rings is 1. The van der Waals surface area contributed by atoms with Crippen LogP contribution in [0.1, 0.15) is 16.4 Å². The fourth-order valence-corrected chi connectivity index (χ4v) is 2.27. The van der Waals surface area contributed by atoms with E-state index in [1.165, 1.54) is 24.3 Å². The number of hydrogen-bond donors (Lipinski definition) is 1. The molecule has 0 aliphatic carbocycles. The first kappa shape index (κ1) is 16.8. The smallest absolute Gasteiger partial charge is 0.374 e. The summed E-state index contributed by atoms with van der Waals surface area (Å²) < 4.78 is 49.7. The van der Waals surface area contributed by atoms with Crippen molar-refractivity contribution in [3.8, 4) is 11.5 Å². The molecule has 130 valence electrons. The Kier molecular flexibility index (Phi) is 4.33. The molecule has 0 radical (unpaired) electrons. The zero-order valence-corrected chi connectivity index (χ0v) is 13.2. The van der Waals surface area contributed by atoms with Gasteiger partial charge < -0.3 is 13.7 Å². The molecule has 2 aromatic heterocycles. The largest absolute Gasteiger partial charge is 0.451 e. The Labute approximate surface area is 140 Å². The number of sulfonamides is 1. The fourth-order valence-electron chi connectivity index (χ4n) is 1.81. The summed E-state index contributed by atoms with van der Waals surface area (Å²) in [7, 11) is -4.05. The summed E-state index contributed by atoms with van der Waals surface area (Å²) >= 11 is 0. The van der Waals surface area contributed by atoms with Crippen molar-refractivity contribution < 1.29 is 31.3 Å². The molecule has 1 aromatic carbocycles. The van der Waals surface area contributed by atoms with Crippen LogP contribution < -0.4 is 5.14 Å². The zero-order chi connectivity index (χ0) is 18.0. The van der Waals surface area contributed by atoms with Gasteiger partial charge in [-0.2, -0.15) is 4.98 Å². The van der Waals surface area contributed by atoms with E-state index in [2.05, 4.69) is 10.1 Å². The van der Waals surface area contributed by atoms with Crippen LogP contribution in [-0.4, -0.2) is 24.5 Å². The Hall–Kier alpha value is -3.05. The van der Waals surface area contributed by atoms with Gasteiger partial charge in [0.25, 0.3) is 15.9 Å². The normalized spacial score (nSPS) is 11.4. The lowest BCUT2D eigenvalue weighted by atomic mass is 10.2. The molecule has 0 atom stereocenters. The van der Waals surface area contributed by atoms with Crippen molar-refractivity contribution in [1.29, 1.82) is 0 Å². The molecule has 0 spiro atoms. The number of carbonyl (C=O) groups excluding carboxylic acids is 1. The van der Waals surface area contributed by atoms with Crippen molar-refractivity contribution in [1.82, 2.24) is 10.1 Å². The number of nitrogens with two attached hydrogens (primary N) is 1. The van der Waals surface area contributed by atoms with E-state index < -0.39 is 26.9 Å². The van der Waals surface area contributed by atoms with Crippen LogP contribution in [0.2, 0.25) is 0 Å². The van der Waals surface area contributed by atoms with Gasteiger partial charge in [0.15, 0.2) is 6.61 Å². The lowest BCUT2D eigenvalue weighted by Crippen LogP contribution is -2.11. The maximum Gasteiger partial charge on any atom is 0.374 e. The number of aromatic nitrogens is 2. The molecule has 0 unspecified atom stereocenters. The summed E-state index contributed by atoms with van der Waals surface area (Å²) in [5, 5.41) is 7.94. The highest BCUT2D eigenvalue weighted by atomic mass is 32.2. The van der Waals surface area contributed by atoms with E-state index in [9.17, 15) is 17.6 Å². The predicted octanol–water partition coefficient (Wildman–Crippen LogP) is 1.47. The second kappa shape index (κ2) is 6.45. The predicted molar refractivity (Wildman–Crippen MR) is 78.9 cm³/mol. The van der Waals surface area contributed by atoms with Crippen LogP contribution in [0.15, 0.2) is 50.4 Å². The highest BCUT2D eigenvalue weighted by molar-refractivity contribution is 7.89. The van der Waals surface area contributed by atoms with Crippen LogP contribution in [0, 0.1) is 5.82 Å². The highest BCUT2D eigenvalue weighted by Crippen LogP contribution is 2.18. The van der Waals surface area contributed by atoms with Gasteiger partial charge in [0, 0.05) is 5.56 Å². The molecule has 0 aliphatic rings. The minimum atomic E-state index is -4.05. The van der Waals surface area contributed by atoms with E-state index in [1.807, 2.05) is 0 Å². The number of carbonyl (C=O) groups is 1. The molecule has 2 heterocycles. The third kappa shape index (κ3) is 3.89. The van der Waals surface area contributed by atoms with Gasteiger partial charge in [0.1, 0.15) is 5.82 Å². The first-order chi connectivity index (χ1) is 11.8. The molecule has 3 aromatic rings. The maximum absolute atomic E-state index is 12.9. The molecule has 3 rings (SSSR count). The van der Waals surface area contributed by atoms with Crippen LogP contribution in [0.5, 0.6) is 0 Å². The van der Waals surface area contributed by atoms with Crippen molar-refractivity contribution in [2.24, 2.45) is 5.14 Å². The Bertz CT molecular complexity index is 1010. The van der Waals surface area contributed by atoms with Crippen LogP contribution in [0.4, 0.5) is 4.39 Å². The van der Waals surface area contributed by atoms with Gasteiger partial charge in [0.05, 0.1) is 0 Å². The van der Waals surface area contributed by atoms with Crippen LogP contribution >= 0.6 is 0 Å². The molecule has 0 saturated heterocycles. The maximum atomic E-state index is 12.9. The summed E-state index contributed by atoms with van der Waals surface area (Å²) in [6, 6.07) is 7.53. The third-order valence-electron chi connectivity index (χ3n) is 2.95. The number of rotatable bonds is 5. The van der Waals surface area contributed by atoms with Gasteiger partial charge in [-0.1, -0.05) is 5.16 Å². The average molecular weight is 367 g/mol. The molecule has 0 amide bonds. The zero-order valence-electron chi connectivity index (χ0n) is 12.4. The first-order valence-electron chi connectivity index (χ1n) is 6.71. The quantitative estimate of drug-likeness (QED) is 0.669.